The SMILES string of the molecule is CC(C)(C)c1[c-]c2c(cc1)-c1ccc(C(C)(C)C)cc1C2.[CH3-].[CH3-].[CH](=[Hf]=[CH]c1ccccc1)c1ccccc1.c1cc[cH-]c1. The van der Waals surface area contributed by atoms with Crippen LogP contribution in [0.5, 0.6) is 0 Å². The Kier molecular flexibility index (Phi) is 13.9. The molecule has 0 heterocycles. The number of benzene rings is 4. The van der Waals surface area contributed by atoms with Crippen molar-refractivity contribution in [3.8, 4) is 11.1 Å². The number of rotatable bonds is 2. The van der Waals surface area contributed by atoms with E-state index in [9.17, 15) is 0 Å². The summed E-state index contributed by atoms with van der Waals surface area (Å²) < 4.78 is 4.85. The fourth-order valence-corrected chi connectivity index (χ4v) is 7.75. The molecule has 0 atom stereocenters. The van der Waals surface area contributed by atoms with Gasteiger partial charge in [-0.1, -0.05) is 65.3 Å². The van der Waals surface area contributed by atoms with Crippen LogP contribution in [0.1, 0.15) is 74.9 Å². The standard InChI is InChI=1S/C21H25.2C7H6.C5H5.2CH3.Hf/c1-20(2,3)16-7-9-18-14(12-16)11-15-13-17(21(4,5)6)8-10-19(15)18;2*1-7-5-3-2-4-6-7;1-2-4-5-3-1;;;/h7-10,12H,11H2,1-6H3;2*1-6H;1-5H;2*1H3;/q-1;;;3*-1;. The fourth-order valence-electron chi connectivity index (χ4n) is 4.68. The first-order valence-electron chi connectivity index (χ1n) is 14.5. The van der Waals surface area contributed by atoms with Crippen LogP contribution in [-0.4, -0.2) is 7.52 Å². The molecule has 224 valence electrons. The topological polar surface area (TPSA) is 0 Å². The molecule has 6 rings (SSSR count). The third-order valence-electron chi connectivity index (χ3n) is 7.12. The molecule has 0 aliphatic heterocycles. The number of fused-ring (bicyclic) bond motifs is 3. The molecular weight excluding hydrogens is 683 g/mol. The Morgan fingerprint density at radius 3 is 1.63 bits per heavy atom. The van der Waals surface area contributed by atoms with Crippen molar-refractivity contribution in [1.82, 2.24) is 0 Å². The zero-order chi connectivity index (χ0) is 29.3. The molecule has 0 spiro atoms. The molecule has 0 bridgehead atoms. The van der Waals surface area contributed by atoms with Crippen LogP contribution in [0, 0.1) is 20.9 Å². The van der Waals surface area contributed by atoms with Gasteiger partial charge in [0.05, 0.1) is 0 Å². The average Bonchev–Trinajstić information content (AvgIpc) is 3.65. The quantitative estimate of drug-likeness (QED) is 0.123. The van der Waals surface area contributed by atoms with Crippen molar-refractivity contribution < 1.29 is 21.9 Å². The van der Waals surface area contributed by atoms with Gasteiger partial charge in [0.25, 0.3) is 0 Å². The molecule has 0 N–H and O–H groups in total. The maximum absolute atomic E-state index is 3.67. The summed E-state index contributed by atoms with van der Waals surface area (Å²) in [6, 6.07) is 46.4. The second kappa shape index (κ2) is 16.6. The molecule has 0 amide bonds. The molecule has 0 nitrogen and oxygen atoms in total. The third-order valence-corrected chi connectivity index (χ3v) is 10.7. The Labute approximate surface area is 273 Å². The van der Waals surface area contributed by atoms with Gasteiger partial charge in [0, 0.05) is 0 Å². The maximum Gasteiger partial charge on any atom is -0.172 e. The molecule has 0 saturated heterocycles. The van der Waals surface area contributed by atoms with Gasteiger partial charge < -0.3 is 14.9 Å². The molecule has 1 aliphatic rings. The first-order chi connectivity index (χ1) is 19.6. The minimum atomic E-state index is -0.721. The van der Waals surface area contributed by atoms with Crippen molar-refractivity contribution in [2.75, 3.05) is 0 Å². The van der Waals surface area contributed by atoms with Gasteiger partial charge in [0.2, 0.25) is 0 Å². The maximum atomic E-state index is 3.67. The number of hydrogen-bond acceptors (Lipinski definition) is 0. The van der Waals surface area contributed by atoms with E-state index in [1.54, 1.807) is 0 Å². The first kappa shape index (κ1) is 36.0. The fraction of sp³-hybridized carbons (Fsp3) is 0.214. The summed E-state index contributed by atoms with van der Waals surface area (Å²) in [5, 5.41) is 0. The molecule has 0 saturated carbocycles. The third kappa shape index (κ3) is 10.8. The zero-order valence-electron chi connectivity index (χ0n) is 27.4. The minimum absolute atomic E-state index is 0. The van der Waals surface area contributed by atoms with Gasteiger partial charge in [0.15, 0.2) is 0 Å². The van der Waals surface area contributed by atoms with E-state index in [2.05, 4.69) is 146 Å². The van der Waals surface area contributed by atoms with Crippen molar-refractivity contribution in [2.45, 2.75) is 58.8 Å². The van der Waals surface area contributed by atoms with E-state index in [0.717, 1.165) is 6.42 Å². The second-order valence-corrected chi connectivity index (χ2v) is 15.8. The van der Waals surface area contributed by atoms with Crippen molar-refractivity contribution in [2.24, 2.45) is 0 Å². The molecule has 5 aromatic carbocycles. The van der Waals surface area contributed by atoms with Crippen LogP contribution in [0.2, 0.25) is 0 Å². The average molecular weight is 731 g/mol. The minimum Gasteiger partial charge on any atom is -0.214 e. The predicted octanol–water partition coefficient (Wildman–Crippen LogP) is 10.7. The summed E-state index contributed by atoms with van der Waals surface area (Å²) in [6.45, 7) is 13.6. The van der Waals surface area contributed by atoms with Gasteiger partial charge in [-0.15, -0.1) is 11.1 Å². The van der Waals surface area contributed by atoms with Gasteiger partial charge in [0.1, 0.15) is 0 Å². The molecular formula is C42H48Hf-4. The normalized spacial score (nSPS) is 10.9. The monoisotopic (exact) mass is 732 g/mol. The molecule has 1 heteroatoms. The Morgan fingerprint density at radius 2 is 1.16 bits per heavy atom. The summed E-state index contributed by atoms with van der Waals surface area (Å²) in [5.74, 6) is 0. The van der Waals surface area contributed by atoms with Crippen molar-refractivity contribution >= 4 is 7.52 Å². The smallest absolute Gasteiger partial charge is 0.172 e. The zero-order valence-corrected chi connectivity index (χ0v) is 31.0. The Morgan fingerprint density at radius 1 is 0.628 bits per heavy atom. The largest absolute Gasteiger partial charge is 0.214 e. The van der Waals surface area contributed by atoms with Crippen LogP contribution in [0.4, 0.5) is 0 Å². The summed E-state index contributed by atoms with van der Waals surface area (Å²) in [7, 11) is 0. The molecule has 0 fully saturated rings. The summed E-state index contributed by atoms with van der Waals surface area (Å²) in [4.78, 5) is 0. The summed E-state index contributed by atoms with van der Waals surface area (Å²) in [5.41, 5.74) is 11.4. The van der Waals surface area contributed by atoms with Gasteiger partial charge >= 0.3 is 101 Å². The van der Waals surface area contributed by atoms with Crippen molar-refractivity contribution in [3.63, 3.8) is 0 Å². The van der Waals surface area contributed by atoms with Gasteiger partial charge in [-0.05, 0) is 28.4 Å². The van der Waals surface area contributed by atoms with Crippen LogP contribution in [0.3, 0.4) is 0 Å². The Hall–Kier alpha value is -3.16. The van der Waals surface area contributed by atoms with E-state index in [4.69, 9.17) is 0 Å². The van der Waals surface area contributed by atoms with E-state index in [0.29, 0.717) is 0 Å². The number of hydrogen-bond donors (Lipinski definition) is 0. The van der Waals surface area contributed by atoms with Gasteiger partial charge in [-0.2, -0.15) is 42.0 Å². The van der Waals surface area contributed by atoms with E-state index in [1.807, 2.05) is 30.3 Å². The summed E-state index contributed by atoms with van der Waals surface area (Å²) >= 11 is -0.721. The second-order valence-electron chi connectivity index (χ2n) is 12.6. The van der Waals surface area contributed by atoms with Crippen LogP contribution < -0.4 is 0 Å². The molecule has 5 aromatic rings. The van der Waals surface area contributed by atoms with Crippen LogP contribution in [0.15, 0.2) is 121 Å². The van der Waals surface area contributed by atoms with Crippen LogP contribution in [-0.2, 0) is 39.2 Å². The Balaban J connectivity index is 0.000000256. The summed E-state index contributed by atoms with van der Waals surface area (Å²) in [6.07, 6.45) is 1.03. The molecule has 0 radical (unpaired) electrons. The van der Waals surface area contributed by atoms with Crippen LogP contribution >= 0.6 is 0 Å². The molecule has 1 aliphatic carbocycles. The molecule has 43 heavy (non-hydrogen) atoms. The Bertz CT molecular complexity index is 1450. The van der Waals surface area contributed by atoms with Crippen molar-refractivity contribution in [1.29, 1.82) is 0 Å². The van der Waals surface area contributed by atoms with Crippen molar-refractivity contribution in [3.05, 3.63) is 176 Å². The first-order valence-corrected chi connectivity index (χ1v) is 18.6. The van der Waals surface area contributed by atoms with E-state index >= 15 is 0 Å². The van der Waals surface area contributed by atoms with E-state index < -0.39 is 21.9 Å². The van der Waals surface area contributed by atoms with Gasteiger partial charge in [-0.25, -0.2) is 12.1 Å². The van der Waals surface area contributed by atoms with Gasteiger partial charge in [-0.3, -0.25) is 0 Å². The predicted molar refractivity (Wildman–Crippen MR) is 189 cm³/mol. The van der Waals surface area contributed by atoms with Crippen LogP contribution in [0.25, 0.3) is 11.1 Å². The van der Waals surface area contributed by atoms with E-state index in [-0.39, 0.29) is 25.7 Å². The molecule has 0 unspecified atom stereocenters. The molecule has 0 aromatic heterocycles. The van der Waals surface area contributed by atoms with E-state index in [1.165, 1.54) is 44.5 Å².